The zero-order chi connectivity index (χ0) is 20.6. The van der Waals surface area contributed by atoms with Gasteiger partial charge in [0.05, 0.1) is 14.2 Å². The average Bonchev–Trinajstić information content (AvgIpc) is 2.77. The van der Waals surface area contributed by atoms with Crippen LogP contribution in [0.5, 0.6) is 11.5 Å². The molecule has 1 saturated heterocycles. The summed E-state index contributed by atoms with van der Waals surface area (Å²) in [6.07, 6.45) is -0.470. The molecule has 1 atom stereocenters. The second-order valence-corrected chi connectivity index (χ2v) is 7.02. The van der Waals surface area contributed by atoms with E-state index in [2.05, 4.69) is 21.9 Å². The molecule has 1 fully saturated rings. The second kappa shape index (κ2) is 10.0. The van der Waals surface area contributed by atoms with Gasteiger partial charge in [-0.05, 0) is 42.0 Å². The number of piperazine rings is 1. The monoisotopic (exact) mass is 399 g/mol. The summed E-state index contributed by atoms with van der Waals surface area (Å²) in [5.74, 6) is 1.60. The molecule has 7 heteroatoms. The van der Waals surface area contributed by atoms with Gasteiger partial charge in [-0.15, -0.1) is 0 Å². The van der Waals surface area contributed by atoms with Gasteiger partial charge in [-0.3, -0.25) is 4.90 Å². The highest BCUT2D eigenvalue weighted by molar-refractivity contribution is 5.65. The van der Waals surface area contributed by atoms with Crippen LogP contribution in [0.3, 0.4) is 0 Å². The smallest absolute Gasteiger partial charge is 0.405 e. The lowest BCUT2D eigenvalue weighted by Crippen LogP contribution is -2.46. The SMILES string of the molecule is COc1ccc(N2CCN(CCC(OC(N)=O)c3cccc(OC)c3)CC2)cc1. The number of hydrogen-bond acceptors (Lipinski definition) is 6. The van der Waals surface area contributed by atoms with Crippen molar-refractivity contribution in [3.8, 4) is 11.5 Å². The molecule has 0 spiro atoms. The van der Waals surface area contributed by atoms with E-state index in [1.54, 1.807) is 14.2 Å². The maximum Gasteiger partial charge on any atom is 0.405 e. The molecule has 1 unspecified atom stereocenters. The van der Waals surface area contributed by atoms with E-state index in [1.807, 2.05) is 36.4 Å². The lowest BCUT2D eigenvalue weighted by atomic mass is 10.1. The van der Waals surface area contributed by atoms with Crippen LogP contribution in [0.25, 0.3) is 0 Å². The van der Waals surface area contributed by atoms with Crippen molar-refractivity contribution < 1.29 is 19.0 Å². The Morgan fingerprint density at radius 3 is 2.31 bits per heavy atom. The predicted molar refractivity (Wildman–Crippen MR) is 113 cm³/mol. The second-order valence-electron chi connectivity index (χ2n) is 7.02. The van der Waals surface area contributed by atoms with E-state index >= 15 is 0 Å². The van der Waals surface area contributed by atoms with Crippen molar-refractivity contribution in [2.24, 2.45) is 5.73 Å². The highest BCUT2D eigenvalue weighted by atomic mass is 16.6. The molecule has 7 nitrogen and oxygen atoms in total. The Morgan fingerprint density at radius 1 is 1.00 bits per heavy atom. The van der Waals surface area contributed by atoms with Crippen molar-refractivity contribution >= 4 is 11.8 Å². The van der Waals surface area contributed by atoms with Crippen LogP contribution in [0.2, 0.25) is 0 Å². The summed E-state index contributed by atoms with van der Waals surface area (Å²) >= 11 is 0. The first-order valence-electron chi connectivity index (χ1n) is 9.80. The van der Waals surface area contributed by atoms with E-state index in [4.69, 9.17) is 19.9 Å². The highest BCUT2D eigenvalue weighted by Gasteiger charge is 2.21. The molecule has 1 aliphatic heterocycles. The highest BCUT2D eigenvalue weighted by Crippen LogP contribution is 2.26. The van der Waals surface area contributed by atoms with Crippen LogP contribution >= 0.6 is 0 Å². The molecule has 2 aromatic carbocycles. The lowest BCUT2D eigenvalue weighted by Gasteiger charge is -2.36. The molecule has 0 radical (unpaired) electrons. The normalized spacial score (nSPS) is 15.6. The Hall–Kier alpha value is -2.93. The van der Waals surface area contributed by atoms with Crippen molar-refractivity contribution in [1.29, 1.82) is 0 Å². The van der Waals surface area contributed by atoms with Gasteiger partial charge in [-0.1, -0.05) is 12.1 Å². The van der Waals surface area contributed by atoms with E-state index < -0.39 is 6.09 Å². The first kappa shape index (κ1) is 20.8. The van der Waals surface area contributed by atoms with Gasteiger partial charge in [0.1, 0.15) is 17.6 Å². The lowest BCUT2D eigenvalue weighted by molar-refractivity contribution is 0.0909. The van der Waals surface area contributed by atoms with Gasteiger partial charge in [-0.2, -0.15) is 0 Å². The van der Waals surface area contributed by atoms with E-state index in [0.717, 1.165) is 49.8 Å². The molecule has 0 saturated carbocycles. The van der Waals surface area contributed by atoms with Crippen LogP contribution < -0.4 is 20.1 Å². The summed E-state index contributed by atoms with van der Waals surface area (Å²) in [6.45, 7) is 4.63. The van der Waals surface area contributed by atoms with Gasteiger partial charge in [0.25, 0.3) is 0 Å². The number of hydrogen-bond donors (Lipinski definition) is 1. The van der Waals surface area contributed by atoms with Crippen molar-refractivity contribution in [3.63, 3.8) is 0 Å². The fourth-order valence-corrected chi connectivity index (χ4v) is 3.60. The molecule has 2 aromatic rings. The van der Waals surface area contributed by atoms with Gasteiger partial charge >= 0.3 is 6.09 Å². The number of rotatable bonds is 8. The van der Waals surface area contributed by atoms with Crippen molar-refractivity contribution in [2.45, 2.75) is 12.5 Å². The first-order chi connectivity index (χ1) is 14.1. The largest absolute Gasteiger partial charge is 0.497 e. The third-order valence-corrected chi connectivity index (χ3v) is 5.24. The maximum atomic E-state index is 11.4. The minimum absolute atomic E-state index is 0.387. The molecule has 2 N–H and O–H groups in total. The summed E-state index contributed by atoms with van der Waals surface area (Å²) in [5, 5.41) is 0. The van der Waals surface area contributed by atoms with E-state index in [-0.39, 0.29) is 6.10 Å². The molecule has 1 amide bonds. The average molecular weight is 399 g/mol. The molecular formula is C22H29N3O4. The third-order valence-electron chi connectivity index (χ3n) is 5.24. The van der Waals surface area contributed by atoms with Gasteiger partial charge in [0.15, 0.2) is 0 Å². The van der Waals surface area contributed by atoms with Crippen LogP contribution in [0.4, 0.5) is 10.5 Å². The maximum absolute atomic E-state index is 11.4. The molecular weight excluding hydrogens is 370 g/mol. The summed E-state index contributed by atoms with van der Waals surface area (Å²) < 4.78 is 15.9. The van der Waals surface area contributed by atoms with Gasteiger partial charge in [0, 0.05) is 44.8 Å². The number of ether oxygens (including phenoxy) is 3. The van der Waals surface area contributed by atoms with Crippen LogP contribution in [-0.2, 0) is 4.74 Å². The minimum atomic E-state index is -0.762. The van der Waals surface area contributed by atoms with E-state index in [9.17, 15) is 4.79 Å². The Bertz CT molecular complexity index is 789. The third kappa shape index (κ3) is 5.77. The van der Waals surface area contributed by atoms with Crippen LogP contribution in [-0.4, -0.2) is 57.9 Å². The van der Waals surface area contributed by atoms with E-state index in [0.29, 0.717) is 6.42 Å². The summed E-state index contributed by atoms with van der Waals surface area (Å²) in [6, 6.07) is 15.7. The number of nitrogens with two attached hydrogens (primary N) is 1. The van der Waals surface area contributed by atoms with Crippen LogP contribution in [0.15, 0.2) is 48.5 Å². The van der Waals surface area contributed by atoms with Gasteiger partial charge in [-0.25, -0.2) is 4.79 Å². The number of benzene rings is 2. The topological polar surface area (TPSA) is 77.3 Å². The van der Waals surface area contributed by atoms with E-state index in [1.165, 1.54) is 5.69 Å². The van der Waals surface area contributed by atoms with Gasteiger partial charge < -0.3 is 24.8 Å². The zero-order valence-corrected chi connectivity index (χ0v) is 17.0. The molecule has 156 valence electrons. The Balaban J connectivity index is 1.54. The molecule has 3 rings (SSSR count). The number of amides is 1. The Labute approximate surface area is 171 Å². The fourth-order valence-electron chi connectivity index (χ4n) is 3.60. The van der Waals surface area contributed by atoms with Crippen molar-refractivity contribution in [3.05, 3.63) is 54.1 Å². The van der Waals surface area contributed by atoms with Crippen LogP contribution in [0, 0.1) is 0 Å². The first-order valence-corrected chi connectivity index (χ1v) is 9.80. The quantitative estimate of drug-likeness (QED) is 0.735. The fraction of sp³-hybridized carbons (Fsp3) is 0.409. The number of anilines is 1. The summed E-state index contributed by atoms with van der Waals surface area (Å²) in [7, 11) is 3.29. The summed E-state index contributed by atoms with van der Waals surface area (Å²) in [5.41, 5.74) is 7.39. The van der Waals surface area contributed by atoms with Crippen molar-refractivity contribution in [1.82, 2.24) is 4.90 Å². The molecule has 0 aliphatic carbocycles. The van der Waals surface area contributed by atoms with Crippen LogP contribution in [0.1, 0.15) is 18.1 Å². The van der Waals surface area contributed by atoms with Crippen molar-refractivity contribution in [2.75, 3.05) is 51.8 Å². The standard InChI is InChI=1S/C22H29N3O4/c1-27-19-8-6-18(7-9-19)25-14-12-24(13-15-25)11-10-21(29-22(23)26)17-4-3-5-20(16-17)28-2/h3-9,16,21H,10-15H2,1-2H3,(H2,23,26). The molecule has 1 aliphatic rings. The predicted octanol–water partition coefficient (Wildman–Crippen LogP) is 3.05. The number of carbonyl (C=O) groups is 1. The number of primary amides is 1. The molecule has 1 heterocycles. The minimum Gasteiger partial charge on any atom is -0.497 e. The summed E-state index contributed by atoms with van der Waals surface area (Å²) in [4.78, 5) is 16.1. The number of carbonyl (C=O) groups excluding carboxylic acids is 1. The Kier molecular flexibility index (Phi) is 7.19. The molecule has 0 aromatic heterocycles. The number of nitrogens with zero attached hydrogens (tertiary/aromatic N) is 2. The molecule has 0 bridgehead atoms. The zero-order valence-electron chi connectivity index (χ0n) is 17.0. The van der Waals surface area contributed by atoms with Gasteiger partial charge in [0.2, 0.25) is 0 Å². The number of methoxy groups -OCH3 is 2. The molecule has 29 heavy (non-hydrogen) atoms. The Morgan fingerprint density at radius 2 is 1.69 bits per heavy atom.